The molecule has 1 unspecified atom stereocenters. The zero-order chi connectivity index (χ0) is 16.2. The van der Waals surface area contributed by atoms with Gasteiger partial charge in [0, 0.05) is 12.1 Å². The number of aliphatic carboxylic acids is 1. The first kappa shape index (κ1) is 15.8. The molecule has 1 aliphatic heterocycles. The molecule has 2 fully saturated rings. The zero-order valence-corrected chi connectivity index (χ0v) is 12.9. The Balaban J connectivity index is 1.67. The third-order valence-electron chi connectivity index (χ3n) is 4.38. The topological polar surface area (TPSA) is 76.1 Å². The van der Waals surface area contributed by atoms with E-state index in [0.717, 1.165) is 18.6 Å². The lowest BCUT2D eigenvalue weighted by Gasteiger charge is -2.32. The van der Waals surface area contributed by atoms with Gasteiger partial charge >= 0.3 is 5.97 Å². The lowest BCUT2D eigenvalue weighted by atomic mass is 10.1. The van der Waals surface area contributed by atoms with E-state index in [1.807, 2.05) is 0 Å². The molecule has 1 aromatic carbocycles. The van der Waals surface area contributed by atoms with Gasteiger partial charge in [-0.05, 0) is 49.9 Å². The molecule has 23 heavy (non-hydrogen) atoms. The van der Waals surface area contributed by atoms with Crippen LogP contribution < -0.4 is 4.74 Å². The van der Waals surface area contributed by atoms with Gasteiger partial charge in [-0.25, -0.2) is 4.79 Å². The second kappa shape index (κ2) is 7.00. The number of carbonyl (C=O) groups excluding carboxylic acids is 1. The third kappa shape index (κ3) is 3.64. The average molecular weight is 319 g/mol. The van der Waals surface area contributed by atoms with Crippen molar-refractivity contribution < 1.29 is 24.2 Å². The Morgan fingerprint density at radius 3 is 2.52 bits per heavy atom. The Kier molecular flexibility index (Phi) is 4.81. The Labute approximate surface area is 135 Å². The van der Waals surface area contributed by atoms with Gasteiger partial charge in [0.15, 0.2) is 6.04 Å². The van der Waals surface area contributed by atoms with E-state index in [2.05, 4.69) is 0 Å². The number of carbonyl (C=O) groups is 2. The van der Waals surface area contributed by atoms with Crippen molar-refractivity contribution in [3.8, 4) is 5.75 Å². The van der Waals surface area contributed by atoms with Gasteiger partial charge in [-0.1, -0.05) is 0 Å². The lowest BCUT2D eigenvalue weighted by Crippen LogP contribution is -2.52. The van der Waals surface area contributed by atoms with Crippen molar-refractivity contribution >= 4 is 11.9 Å². The minimum atomic E-state index is -1.04. The summed E-state index contributed by atoms with van der Waals surface area (Å²) in [5.74, 6) is -0.572. The van der Waals surface area contributed by atoms with E-state index in [1.165, 1.54) is 17.7 Å². The van der Waals surface area contributed by atoms with Crippen LogP contribution in [0.2, 0.25) is 0 Å². The van der Waals surface area contributed by atoms with E-state index in [0.29, 0.717) is 12.2 Å². The van der Waals surface area contributed by atoms with Gasteiger partial charge in [-0.15, -0.1) is 0 Å². The minimum Gasteiger partial charge on any atom is -0.490 e. The van der Waals surface area contributed by atoms with Gasteiger partial charge in [0.1, 0.15) is 5.75 Å². The molecule has 6 heteroatoms. The maximum atomic E-state index is 12.5. The summed E-state index contributed by atoms with van der Waals surface area (Å²) in [6, 6.07) is 6.02. The number of ether oxygens (including phenoxy) is 2. The smallest absolute Gasteiger partial charge is 0.328 e. The number of carboxylic acids is 1. The fourth-order valence-corrected chi connectivity index (χ4v) is 3.09. The van der Waals surface area contributed by atoms with Crippen LogP contribution in [-0.4, -0.2) is 53.8 Å². The largest absolute Gasteiger partial charge is 0.490 e. The van der Waals surface area contributed by atoms with Crippen LogP contribution >= 0.6 is 0 Å². The van der Waals surface area contributed by atoms with E-state index < -0.39 is 12.0 Å². The molecule has 0 aromatic heterocycles. The number of amides is 1. The minimum absolute atomic E-state index is 0.0317. The van der Waals surface area contributed by atoms with Crippen LogP contribution in [0.3, 0.4) is 0 Å². The van der Waals surface area contributed by atoms with E-state index in [9.17, 15) is 14.7 Å². The molecule has 1 aliphatic carbocycles. The number of hydrogen-bond acceptors (Lipinski definition) is 4. The van der Waals surface area contributed by atoms with Crippen molar-refractivity contribution in [3.05, 3.63) is 29.8 Å². The highest BCUT2D eigenvalue weighted by molar-refractivity contribution is 5.96. The molecular formula is C17H21NO5. The van der Waals surface area contributed by atoms with Crippen molar-refractivity contribution in [2.45, 2.75) is 37.8 Å². The molecule has 1 N–H and O–H groups in total. The predicted molar refractivity (Wildman–Crippen MR) is 82.6 cm³/mol. The summed E-state index contributed by atoms with van der Waals surface area (Å²) < 4.78 is 11.0. The predicted octanol–water partition coefficient (Wildman–Crippen LogP) is 1.93. The maximum Gasteiger partial charge on any atom is 0.328 e. The quantitative estimate of drug-likeness (QED) is 0.918. The molecule has 1 atom stereocenters. The summed E-state index contributed by atoms with van der Waals surface area (Å²) >= 11 is 0. The highest BCUT2D eigenvalue weighted by Crippen LogP contribution is 2.24. The molecule has 0 spiro atoms. The van der Waals surface area contributed by atoms with Crippen molar-refractivity contribution in [1.29, 1.82) is 0 Å². The molecular weight excluding hydrogens is 298 g/mol. The number of benzene rings is 1. The summed E-state index contributed by atoms with van der Waals surface area (Å²) in [4.78, 5) is 25.2. The summed E-state index contributed by atoms with van der Waals surface area (Å²) in [7, 11) is 0. The molecule has 1 saturated carbocycles. The number of morpholine rings is 1. The Bertz CT molecular complexity index is 565. The van der Waals surface area contributed by atoms with Crippen LogP contribution in [0.4, 0.5) is 0 Å². The van der Waals surface area contributed by atoms with E-state index in [1.54, 1.807) is 24.3 Å². The van der Waals surface area contributed by atoms with Gasteiger partial charge < -0.3 is 19.5 Å². The van der Waals surface area contributed by atoms with Crippen LogP contribution in [-0.2, 0) is 9.53 Å². The van der Waals surface area contributed by atoms with Crippen LogP contribution in [0, 0.1) is 0 Å². The molecule has 0 bridgehead atoms. The summed E-state index contributed by atoms with van der Waals surface area (Å²) in [5, 5.41) is 9.21. The van der Waals surface area contributed by atoms with Gasteiger partial charge in [-0.3, -0.25) is 4.79 Å². The van der Waals surface area contributed by atoms with E-state index in [4.69, 9.17) is 9.47 Å². The lowest BCUT2D eigenvalue weighted by molar-refractivity contribution is -0.147. The van der Waals surface area contributed by atoms with E-state index in [-0.39, 0.29) is 25.2 Å². The van der Waals surface area contributed by atoms with Crippen LogP contribution in [0.25, 0.3) is 0 Å². The first-order valence-corrected chi connectivity index (χ1v) is 8.03. The Morgan fingerprint density at radius 2 is 1.87 bits per heavy atom. The summed E-state index contributed by atoms with van der Waals surface area (Å²) in [5.41, 5.74) is 0.469. The van der Waals surface area contributed by atoms with Crippen molar-refractivity contribution in [1.82, 2.24) is 4.90 Å². The number of carboxylic acid groups (broad SMARTS) is 1. The molecule has 124 valence electrons. The Hall–Kier alpha value is -2.08. The van der Waals surface area contributed by atoms with Crippen LogP contribution in [0.5, 0.6) is 5.75 Å². The monoisotopic (exact) mass is 319 g/mol. The first-order valence-electron chi connectivity index (χ1n) is 8.03. The second-order valence-electron chi connectivity index (χ2n) is 5.98. The zero-order valence-electron chi connectivity index (χ0n) is 12.9. The van der Waals surface area contributed by atoms with Gasteiger partial charge in [0.25, 0.3) is 5.91 Å². The van der Waals surface area contributed by atoms with Crippen molar-refractivity contribution in [2.24, 2.45) is 0 Å². The average Bonchev–Trinajstić information content (AvgIpc) is 3.08. The SMILES string of the molecule is O=C(O)C1COCCN1C(=O)c1ccc(OC2CCCC2)cc1. The second-order valence-corrected chi connectivity index (χ2v) is 5.98. The van der Waals surface area contributed by atoms with E-state index >= 15 is 0 Å². The van der Waals surface area contributed by atoms with Crippen LogP contribution in [0.1, 0.15) is 36.0 Å². The summed E-state index contributed by atoms with van der Waals surface area (Å²) in [6.07, 6.45) is 4.83. The molecule has 1 aromatic rings. The number of hydrogen-bond donors (Lipinski definition) is 1. The van der Waals surface area contributed by atoms with Gasteiger partial charge in [0.2, 0.25) is 0 Å². The molecule has 3 rings (SSSR count). The van der Waals surface area contributed by atoms with Crippen LogP contribution in [0.15, 0.2) is 24.3 Å². The van der Waals surface area contributed by atoms with Crippen molar-refractivity contribution in [2.75, 3.05) is 19.8 Å². The normalized spacial score (nSPS) is 22.1. The third-order valence-corrected chi connectivity index (χ3v) is 4.38. The molecule has 2 aliphatic rings. The highest BCUT2D eigenvalue weighted by atomic mass is 16.5. The fraction of sp³-hybridized carbons (Fsp3) is 0.529. The maximum absolute atomic E-state index is 12.5. The molecule has 6 nitrogen and oxygen atoms in total. The van der Waals surface area contributed by atoms with Gasteiger partial charge in [-0.2, -0.15) is 0 Å². The molecule has 1 amide bonds. The number of rotatable bonds is 4. The van der Waals surface area contributed by atoms with Crippen molar-refractivity contribution in [3.63, 3.8) is 0 Å². The first-order chi connectivity index (χ1) is 11.1. The standard InChI is InChI=1S/C17H21NO5/c19-16(18-9-10-22-11-15(18)17(20)21)12-5-7-14(8-6-12)23-13-3-1-2-4-13/h5-8,13,15H,1-4,9-11H2,(H,20,21). The molecule has 1 heterocycles. The summed E-state index contributed by atoms with van der Waals surface area (Å²) in [6.45, 7) is 0.679. The Morgan fingerprint density at radius 1 is 1.17 bits per heavy atom. The van der Waals surface area contributed by atoms with Gasteiger partial charge in [0.05, 0.1) is 19.3 Å². The molecule has 0 radical (unpaired) electrons. The fourth-order valence-electron chi connectivity index (χ4n) is 3.09. The highest BCUT2D eigenvalue weighted by Gasteiger charge is 2.33. The molecule has 1 saturated heterocycles. The number of nitrogens with zero attached hydrogens (tertiary/aromatic N) is 1.